The number of anilines is 1. The maximum Gasteiger partial charge on any atom is 0.163 e. The standard InChI is InChI=1S/C21H25FN2O/c1-3-5-7-14-10-15(8-9-16(14)13-23)21-18(20(25)6-4-2)11-17(24)12-19(21)22/h8-13,23H,3-7,24H2,1-2H3. The Morgan fingerprint density at radius 3 is 2.60 bits per heavy atom. The van der Waals surface area contributed by atoms with Crippen molar-refractivity contribution in [1.29, 1.82) is 5.41 Å². The van der Waals surface area contributed by atoms with Gasteiger partial charge in [-0.1, -0.05) is 38.5 Å². The summed E-state index contributed by atoms with van der Waals surface area (Å²) in [6.45, 7) is 4.02. The van der Waals surface area contributed by atoms with E-state index in [9.17, 15) is 9.18 Å². The molecule has 0 saturated heterocycles. The SMILES string of the molecule is CCCCc1cc(-c2c(F)cc(N)cc2C(=O)CCC)ccc1C=N. The van der Waals surface area contributed by atoms with Crippen LogP contribution in [-0.4, -0.2) is 12.0 Å². The van der Waals surface area contributed by atoms with Crippen LogP contribution in [-0.2, 0) is 6.42 Å². The van der Waals surface area contributed by atoms with Crippen LogP contribution in [0.1, 0.15) is 61.0 Å². The normalized spacial score (nSPS) is 10.7. The fourth-order valence-corrected chi connectivity index (χ4v) is 2.99. The molecule has 0 heterocycles. The fourth-order valence-electron chi connectivity index (χ4n) is 2.99. The molecule has 0 amide bonds. The maximum absolute atomic E-state index is 14.7. The molecule has 0 fully saturated rings. The zero-order valence-electron chi connectivity index (χ0n) is 14.9. The number of hydrogen-bond donors (Lipinski definition) is 2. The number of hydrogen-bond acceptors (Lipinski definition) is 3. The van der Waals surface area contributed by atoms with Crippen molar-refractivity contribution < 1.29 is 9.18 Å². The van der Waals surface area contributed by atoms with Gasteiger partial charge in [-0.15, -0.1) is 0 Å². The summed E-state index contributed by atoms with van der Waals surface area (Å²) in [6, 6.07) is 8.30. The number of unbranched alkanes of at least 4 members (excludes halogenated alkanes) is 1. The van der Waals surface area contributed by atoms with E-state index in [0.717, 1.165) is 30.4 Å². The number of aryl methyl sites for hydroxylation is 1. The van der Waals surface area contributed by atoms with E-state index in [2.05, 4.69) is 6.92 Å². The van der Waals surface area contributed by atoms with Crippen molar-refractivity contribution in [1.82, 2.24) is 0 Å². The van der Waals surface area contributed by atoms with Gasteiger partial charge in [-0.05, 0) is 48.1 Å². The average Bonchev–Trinajstić information content (AvgIpc) is 2.59. The van der Waals surface area contributed by atoms with Crippen LogP contribution < -0.4 is 5.73 Å². The van der Waals surface area contributed by atoms with E-state index in [1.807, 2.05) is 19.1 Å². The minimum atomic E-state index is -0.483. The second-order valence-electron chi connectivity index (χ2n) is 6.26. The Bertz CT molecular complexity index is 784. The molecule has 0 unspecified atom stereocenters. The number of carbonyl (C=O) groups is 1. The van der Waals surface area contributed by atoms with Crippen molar-refractivity contribution in [2.45, 2.75) is 46.0 Å². The third-order valence-electron chi connectivity index (χ3n) is 4.28. The van der Waals surface area contributed by atoms with Crippen molar-refractivity contribution in [2.75, 3.05) is 5.73 Å². The Hall–Kier alpha value is -2.49. The van der Waals surface area contributed by atoms with Crippen molar-refractivity contribution >= 4 is 17.7 Å². The van der Waals surface area contributed by atoms with Crippen LogP contribution in [0.5, 0.6) is 0 Å². The highest BCUT2D eigenvalue weighted by molar-refractivity contribution is 6.03. The van der Waals surface area contributed by atoms with Gasteiger partial charge in [-0.3, -0.25) is 4.79 Å². The Morgan fingerprint density at radius 1 is 1.20 bits per heavy atom. The molecule has 25 heavy (non-hydrogen) atoms. The number of ketones is 1. The second-order valence-corrected chi connectivity index (χ2v) is 6.26. The molecule has 0 aliphatic heterocycles. The van der Waals surface area contributed by atoms with Gasteiger partial charge in [0.1, 0.15) is 5.82 Å². The smallest absolute Gasteiger partial charge is 0.163 e. The van der Waals surface area contributed by atoms with Crippen LogP contribution in [0.25, 0.3) is 11.1 Å². The minimum Gasteiger partial charge on any atom is -0.399 e. The van der Waals surface area contributed by atoms with Crippen LogP contribution in [0.15, 0.2) is 30.3 Å². The largest absolute Gasteiger partial charge is 0.399 e. The Balaban J connectivity index is 2.61. The number of carbonyl (C=O) groups excluding carboxylic acids is 1. The van der Waals surface area contributed by atoms with Crippen molar-refractivity contribution in [3.63, 3.8) is 0 Å². The molecule has 3 nitrogen and oxygen atoms in total. The van der Waals surface area contributed by atoms with Gasteiger partial charge in [0.05, 0.1) is 0 Å². The van der Waals surface area contributed by atoms with Gasteiger partial charge in [0, 0.05) is 29.4 Å². The number of nitrogens with one attached hydrogen (secondary N) is 1. The van der Waals surface area contributed by atoms with E-state index >= 15 is 0 Å². The summed E-state index contributed by atoms with van der Waals surface area (Å²) in [4.78, 5) is 12.5. The fraction of sp³-hybridized carbons (Fsp3) is 0.333. The first-order valence-corrected chi connectivity index (χ1v) is 8.77. The third-order valence-corrected chi connectivity index (χ3v) is 4.28. The molecule has 3 N–H and O–H groups in total. The van der Waals surface area contributed by atoms with Gasteiger partial charge in [0.2, 0.25) is 0 Å². The van der Waals surface area contributed by atoms with Gasteiger partial charge >= 0.3 is 0 Å². The molecular formula is C21H25FN2O. The molecule has 0 bridgehead atoms. The summed E-state index contributed by atoms with van der Waals surface area (Å²) in [6.07, 6.45) is 5.23. The Labute approximate surface area is 148 Å². The Kier molecular flexibility index (Phi) is 6.45. The lowest BCUT2D eigenvalue weighted by molar-refractivity contribution is 0.0982. The lowest BCUT2D eigenvalue weighted by atomic mass is 9.91. The van der Waals surface area contributed by atoms with Gasteiger partial charge in [-0.2, -0.15) is 0 Å². The summed E-state index contributed by atoms with van der Waals surface area (Å²) >= 11 is 0. The molecule has 4 heteroatoms. The highest BCUT2D eigenvalue weighted by Gasteiger charge is 2.18. The molecule has 0 saturated carbocycles. The molecule has 0 atom stereocenters. The van der Waals surface area contributed by atoms with Crippen molar-refractivity contribution in [3.05, 3.63) is 52.8 Å². The summed E-state index contributed by atoms with van der Waals surface area (Å²) in [5.41, 5.74) is 9.14. The predicted octanol–water partition coefficient (Wildman–Crippen LogP) is 5.40. The quantitative estimate of drug-likeness (QED) is 0.384. The first kappa shape index (κ1) is 18.8. The highest BCUT2D eigenvalue weighted by Crippen LogP contribution is 2.32. The molecule has 2 rings (SSSR count). The monoisotopic (exact) mass is 340 g/mol. The van der Waals surface area contributed by atoms with E-state index in [1.165, 1.54) is 12.3 Å². The minimum absolute atomic E-state index is 0.102. The first-order chi connectivity index (χ1) is 12.0. The van der Waals surface area contributed by atoms with Crippen LogP contribution in [0.3, 0.4) is 0 Å². The summed E-state index contributed by atoms with van der Waals surface area (Å²) in [5.74, 6) is -0.585. The van der Waals surface area contributed by atoms with Crippen LogP contribution in [0.2, 0.25) is 0 Å². The highest BCUT2D eigenvalue weighted by atomic mass is 19.1. The van der Waals surface area contributed by atoms with Crippen LogP contribution in [0.4, 0.5) is 10.1 Å². The summed E-state index contributed by atoms with van der Waals surface area (Å²) in [5, 5.41) is 7.56. The molecule has 0 radical (unpaired) electrons. The van der Waals surface area contributed by atoms with Gasteiger partial charge in [0.25, 0.3) is 0 Å². The molecular weight excluding hydrogens is 315 g/mol. The van der Waals surface area contributed by atoms with Crippen LogP contribution >= 0.6 is 0 Å². The molecule has 132 valence electrons. The van der Waals surface area contributed by atoms with E-state index in [4.69, 9.17) is 11.1 Å². The molecule has 0 aromatic heterocycles. The maximum atomic E-state index is 14.7. The molecule has 2 aromatic rings. The summed E-state index contributed by atoms with van der Waals surface area (Å²) in [7, 11) is 0. The number of Topliss-reactive ketones (excluding diaryl/α,β-unsaturated/α-hetero) is 1. The molecule has 0 spiro atoms. The number of rotatable bonds is 8. The number of halogens is 1. The van der Waals surface area contributed by atoms with E-state index < -0.39 is 5.82 Å². The predicted molar refractivity (Wildman–Crippen MR) is 102 cm³/mol. The molecule has 0 aliphatic carbocycles. The average molecular weight is 340 g/mol. The van der Waals surface area contributed by atoms with E-state index in [0.29, 0.717) is 29.5 Å². The molecule has 2 aromatic carbocycles. The third kappa shape index (κ3) is 4.32. The lowest BCUT2D eigenvalue weighted by Crippen LogP contribution is -2.05. The topological polar surface area (TPSA) is 66.9 Å². The Morgan fingerprint density at radius 2 is 1.96 bits per heavy atom. The zero-order valence-corrected chi connectivity index (χ0v) is 14.9. The van der Waals surface area contributed by atoms with E-state index in [1.54, 1.807) is 12.1 Å². The van der Waals surface area contributed by atoms with E-state index in [-0.39, 0.29) is 11.5 Å². The summed E-state index contributed by atoms with van der Waals surface area (Å²) < 4.78 is 14.7. The first-order valence-electron chi connectivity index (χ1n) is 8.77. The second kappa shape index (κ2) is 8.56. The van der Waals surface area contributed by atoms with Gasteiger partial charge < -0.3 is 11.1 Å². The lowest BCUT2D eigenvalue weighted by Gasteiger charge is -2.14. The number of nitrogens with two attached hydrogens (primary N) is 1. The number of benzene rings is 2. The van der Waals surface area contributed by atoms with Crippen molar-refractivity contribution in [3.8, 4) is 11.1 Å². The number of nitrogen functional groups attached to an aromatic ring is 1. The van der Waals surface area contributed by atoms with Gasteiger partial charge in [-0.25, -0.2) is 4.39 Å². The van der Waals surface area contributed by atoms with Crippen LogP contribution in [0, 0.1) is 11.2 Å². The van der Waals surface area contributed by atoms with Gasteiger partial charge in [0.15, 0.2) is 5.78 Å². The zero-order chi connectivity index (χ0) is 18.4. The van der Waals surface area contributed by atoms with Crippen molar-refractivity contribution in [2.24, 2.45) is 0 Å². The molecule has 0 aliphatic rings.